The van der Waals surface area contributed by atoms with E-state index in [1.165, 1.54) is 12.8 Å². The summed E-state index contributed by atoms with van der Waals surface area (Å²) in [6.07, 6.45) is 12.2. The fourth-order valence-electron chi connectivity index (χ4n) is 5.63. The standard InChI is InChI=1S/C36H44N4O/c1-25(32-24-35(28-15-10-8-11-16-28)39-36-23-30(41-5)19-20-31(32)36)14-13-18-33-26(2)37-34-22-29(34)17-9-6-7-12-21-40(4)27(3)38-33/h8-11,15-17,19-20,23-24,29,33-34,37-38H,1-3,6-7,12-14,18,21-22H2,4-5H3/b17-9-/t29-,33?,34?/m1/s1. The molecule has 0 amide bonds. The summed E-state index contributed by atoms with van der Waals surface area (Å²) in [6.45, 7) is 14.4. The lowest BCUT2D eigenvalue weighted by molar-refractivity contribution is 0.355. The molecule has 5 nitrogen and oxygen atoms in total. The van der Waals surface area contributed by atoms with Gasteiger partial charge in [0.25, 0.3) is 0 Å². The molecule has 2 aromatic carbocycles. The molecule has 1 fully saturated rings. The van der Waals surface area contributed by atoms with E-state index in [0.717, 1.165) is 89.2 Å². The first-order valence-corrected chi connectivity index (χ1v) is 14.9. The van der Waals surface area contributed by atoms with Crippen molar-refractivity contribution in [3.05, 3.63) is 104 Å². The molecule has 3 aromatic rings. The molecule has 0 spiro atoms. The third-order valence-corrected chi connectivity index (χ3v) is 8.37. The van der Waals surface area contributed by atoms with Crippen LogP contribution in [0.3, 0.4) is 0 Å². The van der Waals surface area contributed by atoms with Crippen molar-refractivity contribution in [3.8, 4) is 17.0 Å². The quantitative estimate of drug-likeness (QED) is 0.297. The van der Waals surface area contributed by atoms with Crippen molar-refractivity contribution in [3.63, 3.8) is 0 Å². The lowest BCUT2D eigenvalue weighted by Gasteiger charge is -2.30. The minimum atomic E-state index is 0.101. The summed E-state index contributed by atoms with van der Waals surface area (Å²) in [6, 6.07) is 19.2. The van der Waals surface area contributed by atoms with Crippen molar-refractivity contribution >= 4 is 16.5 Å². The Morgan fingerprint density at radius 1 is 1.07 bits per heavy atom. The van der Waals surface area contributed by atoms with Crippen molar-refractivity contribution < 1.29 is 4.74 Å². The van der Waals surface area contributed by atoms with Gasteiger partial charge in [0.05, 0.1) is 30.2 Å². The second-order valence-electron chi connectivity index (χ2n) is 11.5. The minimum absolute atomic E-state index is 0.101. The molecular formula is C36H44N4O. The van der Waals surface area contributed by atoms with Gasteiger partial charge in [-0.2, -0.15) is 0 Å². The van der Waals surface area contributed by atoms with Gasteiger partial charge < -0.3 is 20.3 Å². The fraction of sp³-hybridized carbons (Fsp3) is 0.361. The number of rotatable bonds is 7. The third-order valence-electron chi connectivity index (χ3n) is 8.37. The Kier molecular flexibility index (Phi) is 9.13. The number of benzene rings is 2. The molecule has 5 rings (SSSR count). The molecule has 41 heavy (non-hydrogen) atoms. The van der Waals surface area contributed by atoms with Gasteiger partial charge >= 0.3 is 0 Å². The van der Waals surface area contributed by atoms with E-state index in [1.54, 1.807) is 7.11 Å². The topological polar surface area (TPSA) is 49.4 Å². The Labute approximate surface area is 245 Å². The third kappa shape index (κ3) is 7.21. The molecule has 214 valence electrons. The first-order chi connectivity index (χ1) is 19.9. The molecule has 0 saturated heterocycles. The number of fused-ring (bicyclic) bond motifs is 2. The Balaban J connectivity index is 1.32. The summed E-state index contributed by atoms with van der Waals surface area (Å²) in [7, 11) is 3.81. The number of aromatic nitrogens is 1. The zero-order valence-electron chi connectivity index (χ0n) is 24.7. The van der Waals surface area contributed by atoms with E-state index in [4.69, 9.17) is 9.72 Å². The molecule has 1 saturated carbocycles. The minimum Gasteiger partial charge on any atom is -0.497 e. The van der Waals surface area contributed by atoms with Gasteiger partial charge in [-0.1, -0.05) is 62.2 Å². The second kappa shape index (κ2) is 13.1. The molecule has 2 N–H and O–H groups in total. The molecule has 1 aliphatic carbocycles. The molecule has 2 aliphatic rings. The predicted octanol–water partition coefficient (Wildman–Crippen LogP) is 7.69. The number of allylic oxidation sites excluding steroid dienone is 2. The molecule has 2 unspecified atom stereocenters. The highest BCUT2D eigenvalue weighted by Crippen LogP contribution is 2.35. The van der Waals surface area contributed by atoms with E-state index in [-0.39, 0.29) is 6.04 Å². The van der Waals surface area contributed by atoms with Gasteiger partial charge in [0.15, 0.2) is 0 Å². The number of ether oxygens (including phenoxy) is 1. The van der Waals surface area contributed by atoms with Crippen molar-refractivity contribution in [2.75, 3.05) is 20.7 Å². The van der Waals surface area contributed by atoms with Crippen LogP contribution in [-0.2, 0) is 0 Å². The van der Waals surface area contributed by atoms with Crippen LogP contribution >= 0.6 is 0 Å². The molecule has 1 aliphatic heterocycles. The highest BCUT2D eigenvalue weighted by atomic mass is 16.5. The molecule has 3 atom stereocenters. The lowest BCUT2D eigenvalue weighted by Crippen LogP contribution is -2.40. The maximum absolute atomic E-state index is 5.50. The zero-order valence-corrected chi connectivity index (χ0v) is 24.7. The number of hydrogen-bond acceptors (Lipinski definition) is 5. The summed E-state index contributed by atoms with van der Waals surface area (Å²) in [5, 5.41) is 8.50. The first-order valence-electron chi connectivity index (χ1n) is 14.9. The average molecular weight is 549 g/mol. The smallest absolute Gasteiger partial charge is 0.121 e. The van der Waals surface area contributed by atoms with Crippen LogP contribution in [0.1, 0.15) is 50.5 Å². The van der Waals surface area contributed by atoms with E-state index >= 15 is 0 Å². The van der Waals surface area contributed by atoms with Gasteiger partial charge in [-0.05, 0) is 80.2 Å². The van der Waals surface area contributed by atoms with Crippen molar-refractivity contribution in [2.24, 2.45) is 5.92 Å². The van der Waals surface area contributed by atoms with E-state index in [0.29, 0.717) is 12.0 Å². The zero-order chi connectivity index (χ0) is 28.8. The number of nitrogens with zero attached hydrogens (tertiary/aromatic N) is 2. The molecule has 0 bridgehead atoms. The summed E-state index contributed by atoms with van der Waals surface area (Å²) < 4.78 is 5.50. The summed E-state index contributed by atoms with van der Waals surface area (Å²) in [5.74, 6) is 2.38. The largest absolute Gasteiger partial charge is 0.497 e. The van der Waals surface area contributed by atoms with Crippen LogP contribution in [0, 0.1) is 5.92 Å². The molecule has 5 heteroatoms. The van der Waals surface area contributed by atoms with Crippen LogP contribution in [0.4, 0.5) is 0 Å². The van der Waals surface area contributed by atoms with Gasteiger partial charge in [-0.15, -0.1) is 0 Å². The predicted molar refractivity (Wildman–Crippen MR) is 172 cm³/mol. The average Bonchev–Trinajstić information content (AvgIpc) is 3.74. The normalized spacial score (nSPS) is 22.2. The number of pyridine rings is 1. The maximum Gasteiger partial charge on any atom is 0.121 e. The summed E-state index contributed by atoms with van der Waals surface area (Å²) in [4.78, 5) is 7.21. The molecular weight excluding hydrogens is 504 g/mol. The second-order valence-corrected chi connectivity index (χ2v) is 11.5. The van der Waals surface area contributed by atoms with Crippen molar-refractivity contribution in [2.45, 2.75) is 57.0 Å². The van der Waals surface area contributed by atoms with E-state index in [9.17, 15) is 0 Å². The van der Waals surface area contributed by atoms with E-state index in [2.05, 4.69) is 78.7 Å². The summed E-state index contributed by atoms with van der Waals surface area (Å²) >= 11 is 0. The van der Waals surface area contributed by atoms with Crippen molar-refractivity contribution in [1.29, 1.82) is 0 Å². The van der Waals surface area contributed by atoms with Gasteiger partial charge in [-0.25, -0.2) is 4.98 Å². The van der Waals surface area contributed by atoms with Crippen LogP contribution in [0.2, 0.25) is 0 Å². The summed E-state index contributed by atoms with van der Waals surface area (Å²) in [5.41, 5.74) is 6.26. The van der Waals surface area contributed by atoms with Crippen LogP contribution in [0.15, 0.2) is 98.0 Å². The molecule has 1 aromatic heterocycles. The van der Waals surface area contributed by atoms with E-state index < -0.39 is 0 Å². The Morgan fingerprint density at radius 2 is 1.90 bits per heavy atom. The highest BCUT2D eigenvalue weighted by molar-refractivity contribution is 5.94. The highest BCUT2D eigenvalue weighted by Gasteiger charge is 2.35. The monoisotopic (exact) mass is 548 g/mol. The Bertz CT molecular complexity index is 1430. The van der Waals surface area contributed by atoms with Gasteiger partial charge in [-0.3, -0.25) is 0 Å². The first kappa shape index (κ1) is 28.5. The van der Waals surface area contributed by atoms with Crippen LogP contribution in [-0.4, -0.2) is 42.7 Å². The Hall–Kier alpha value is -3.99. The molecule has 2 heterocycles. The van der Waals surface area contributed by atoms with Crippen molar-refractivity contribution in [1.82, 2.24) is 20.5 Å². The SMILES string of the molecule is C=C(CCCC1NC(=C)N(C)CCCC/C=C\[C@@H]2CC2NC1=C)c1cc(-c2ccccc2)nc2cc(OC)ccc12. The Morgan fingerprint density at radius 3 is 2.71 bits per heavy atom. The van der Waals surface area contributed by atoms with Crippen LogP contribution in [0.5, 0.6) is 5.75 Å². The lowest BCUT2D eigenvalue weighted by atomic mass is 9.94. The van der Waals surface area contributed by atoms with Gasteiger partial charge in [0, 0.05) is 42.3 Å². The fourth-order valence-corrected chi connectivity index (χ4v) is 5.63. The van der Waals surface area contributed by atoms with E-state index in [1.807, 2.05) is 30.3 Å². The number of nitrogens with one attached hydrogen (secondary N) is 2. The number of hydrogen-bond donors (Lipinski definition) is 2. The van der Waals surface area contributed by atoms with Gasteiger partial charge in [0.1, 0.15) is 5.75 Å². The van der Waals surface area contributed by atoms with Crippen LogP contribution < -0.4 is 15.4 Å². The maximum atomic E-state index is 5.50. The molecule has 0 radical (unpaired) electrons. The van der Waals surface area contributed by atoms with Crippen LogP contribution in [0.25, 0.3) is 27.7 Å². The number of methoxy groups -OCH3 is 1. The van der Waals surface area contributed by atoms with Gasteiger partial charge in [0.2, 0.25) is 0 Å².